The molecule has 2 heterocycles. The highest BCUT2D eigenvalue weighted by atomic mass is 32.2. The van der Waals surface area contributed by atoms with E-state index in [0.29, 0.717) is 30.5 Å². The van der Waals surface area contributed by atoms with Crippen molar-refractivity contribution in [3.63, 3.8) is 0 Å². The second-order valence-corrected chi connectivity index (χ2v) is 13.9. The average molecular weight is 680 g/mol. The van der Waals surface area contributed by atoms with Crippen molar-refractivity contribution >= 4 is 51.2 Å². The van der Waals surface area contributed by atoms with Gasteiger partial charge in [0.05, 0.1) is 29.0 Å². The minimum absolute atomic E-state index is 0.430. The van der Waals surface area contributed by atoms with Crippen molar-refractivity contribution in [1.29, 1.82) is 0 Å². The van der Waals surface area contributed by atoms with E-state index in [4.69, 9.17) is 21.7 Å². The third-order valence-corrected chi connectivity index (χ3v) is 10.9. The number of alkyl halides is 3. The maximum Gasteiger partial charge on any atom is 0.416 e. The average Bonchev–Trinajstić information content (AvgIpc) is 3.07. The normalized spacial score (nSPS) is 16.8. The number of anilines is 2. The van der Waals surface area contributed by atoms with E-state index >= 15 is 0 Å². The first-order chi connectivity index (χ1) is 22.7. The number of para-hydroxylation sites is 1. The Morgan fingerprint density at radius 1 is 0.766 bits per heavy atom. The van der Waals surface area contributed by atoms with Crippen LogP contribution in [-0.2, 0) is 21.1 Å². The van der Waals surface area contributed by atoms with E-state index in [2.05, 4.69) is 52.0 Å². The van der Waals surface area contributed by atoms with E-state index in [1.165, 1.54) is 29.3 Å². The minimum atomic E-state index is -4.38. The van der Waals surface area contributed by atoms with Gasteiger partial charge in [-0.05, 0) is 78.8 Å². The summed E-state index contributed by atoms with van der Waals surface area (Å²) in [4.78, 5) is 8.81. The molecule has 1 atom stereocenters. The predicted octanol–water partition coefficient (Wildman–Crippen LogP) is 8.42. The third-order valence-electron chi connectivity index (χ3n) is 9.18. The molecule has 0 aromatic heterocycles. The van der Waals surface area contributed by atoms with Crippen LogP contribution in [0.4, 0.5) is 24.5 Å². The Morgan fingerprint density at radius 2 is 1.43 bits per heavy atom. The van der Waals surface area contributed by atoms with Crippen LogP contribution in [0.25, 0.3) is 10.8 Å². The summed E-state index contributed by atoms with van der Waals surface area (Å²) in [6.45, 7) is 9.07. The van der Waals surface area contributed by atoms with Gasteiger partial charge in [0.15, 0.2) is 5.05 Å². The first-order valence-corrected chi connectivity index (χ1v) is 17.2. The number of hydrogen-bond donors (Lipinski definition) is 0. The summed E-state index contributed by atoms with van der Waals surface area (Å²) in [5.41, 5.74) is 1.52. The van der Waals surface area contributed by atoms with Crippen molar-refractivity contribution < 1.29 is 22.6 Å². The Labute approximate surface area is 284 Å². The Bertz CT molecular complexity index is 1710. The summed E-state index contributed by atoms with van der Waals surface area (Å²) in [6, 6.07) is 26.7. The van der Waals surface area contributed by atoms with Crippen LogP contribution < -0.4 is 4.90 Å². The number of nitrogens with zero attached hydrogens (tertiary/aromatic N) is 3. The van der Waals surface area contributed by atoms with E-state index < -0.39 is 17.2 Å². The van der Waals surface area contributed by atoms with Crippen LogP contribution in [0.2, 0.25) is 0 Å². The van der Waals surface area contributed by atoms with Gasteiger partial charge in [0.25, 0.3) is 0 Å². The molecule has 2 aliphatic rings. The smallest absolute Gasteiger partial charge is 0.416 e. The van der Waals surface area contributed by atoms with Crippen LogP contribution in [0, 0.1) is 0 Å². The summed E-state index contributed by atoms with van der Waals surface area (Å²) in [5.74, 6) is 0. The quantitative estimate of drug-likeness (QED) is 0.147. The Hall–Kier alpha value is -3.15. The van der Waals surface area contributed by atoms with Gasteiger partial charge < -0.3 is 19.3 Å². The lowest BCUT2D eigenvalue weighted by Crippen LogP contribution is -2.48. The molecule has 0 amide bonds. The maximum absolute atomic E-state index is 13.6. The number of hydrogen-bond acceptors (Lipinski definition) is 7. The lowest BCUT2D eigenvalue weighted by Gasteiger charge is -2.36. The molecule has 5 nitrogen and oxygen atoms in total. The monoisotopic (exact) mass is 679 g/mol. The summed E-state index contributed by atoms with van der Waals surface area (Å²) in [6.07, 6.45) is -3.53. The number of methoxy groups -OCH3 is 1. The van der Waals surface area contributed by atoms with Gasteiger partial charge in [-0.25, -0.2) is 0 Å². The molecule has 1 saturated heterocycles. The molecule has 0 radical (unpaired) electrons. The fourth-order valence-electron chi connectivity index (χ4n) is 6.44. The van der Waals surface area contributed by atoms with Crippen molar-refractivity contribution in [3.8, 4) is 0 Å². The van der Waals surface area contributed by atoms with E-state index in [1.54, 1.807) is 13.2 Å². The minimum Gasteiger partial charge on any atom is -0.485 e. The molecule has 0 saturated carbocycles. The lowest BCUT2D eigenvalue weighted by atomic mass is 9.83. The molecule has 1 fully saturated rings. The van der Waals surface area contributed by atoms with Gasteiger partial charge in [0, 0.05) is 56.2 Å². The number of ether oxygens (including phenoxy) is 2. The molecule has 4 aromatic rings. The van der Waals surface area contributed by atoms with Gasteiger partial charge in [-0.2, -0.15) is 13.2 Å². The molecule has 2 aliphatic heterocycles. The van der Waals surface area contributed by atoms with Crippen LogP contribution in [0.15, 0.2) is 94.7 Å². The topological polar surface area (TPSA) is 28.2 Å². The van der Waals surface area contributed by atoms with Gasteiger partial charge in [-0.3, -0.25) is 4.90 Å². The number of piperazine rings is 1. The van der Waals surface area contributed by atoms with Crippen molar-refractivity contribution in [2.24, 2.45) is 0 Å². The number of benzene rings is 4. The predicted molar refractivity (Wildman–Crippen MR) is 188 cm³/mol. The largest absolute Gasteiger partial charge is 0.485 e. The van der Waals surface area contributed by atoms with Crippen LogP contribution in [0.3, 0.4) is 0 Å². The zero-order valence-electron chi connectivity index (χ0n) is 26.8. The van der Waals surface area contributed by atoms with Gasteiger partial charge in [-0.15, -0.1) is 0 Å². The summed E-state index contributed by atoms with van der Waals surface area (Å²) < 4.78 is 52.5. The number of halogens is 3. The first-order valence-electron chi connectivity index (χ1n) is 16.0. The number of thiocarbonyl (C=S) groups is 1. The molecular weight excluding hydrogens is 640 g/mol. The maximum atomic E-state index is 13.6. The second kappa shape index (κ2) is 14.5. The molecular formula is C37H40F3N3O2S2. The Kier molecular flexibility index (Phi) is 10.4. The summed E-state index contributed by atoms with van der Waals surface area (Å²) in [5, 5.41) is 2.88. The molecule has 10 heteroatoms. The van der Waals surface area contributed by atoms with Crippen molar-refractivity contribution in [2.75, 3.05) is 71.0 Å². The van der Waals surface area contributed by atoms with Gasteiger partial charge >= 0.3 is 6.18 Å². The van der Waals surface area contributed by atoms with E-state index in [1.807, 2.05) is 36.4 Å². The van der Waals surface area contributed by atoms with Gasteiger partial charge in [0.1, 0.15) is 6.61 Å². The highest BCUT2D eigenvalue weighted by Crippen LogP contribution is 2.49. The number of rotatable bonds is 11. The molecule has 0 N–H and O–H groups in total. The van der Waals surface area contributed by atoms with Gasteiger partial charge in [-0.1, -0.05) is 66.4 Å². The molecule has 1 unspecified atom stereocenters. The van der Waals surface area contributed by atoms with Crippen molar-refractivity contribution in [2.45, 2.75) is 34.7 Å². The molecule has 248 valence electrons. The summed E-state index contributed by atoms with van der Waals surface area (Å²) in [7, 11) is 1.69. The van der Waals surface area contributed by atoms with Crippen molar-refractivity contribution in [1.82, 2.24) is 9.80 Å². The van der Waals surface area contributed by atoms with E-state index in [-0.39, 0.29) is 0 Å². The summed E-state index contributed by atoms with van der Waals surface area (Å²) >= 11 is 7.36. The van der Waals surface area contributed by atoms with Crippen molar-refractivity contribution in [3.05, 3.63) is 96.1 Å². The highest BCUT2D eigenvalue weighted by molar-refractivity contribution is 7.99. The SMILES string of the molecule is COCC(C)(C(=S)OCCN1CCN(CCCN2c3ccccc3Sc3ccc(C(F)(F)F)cc32)CC1)c1ccc2ccccc2c1. The Balaban J connectivity index is 0.991. The van der Waals surface area contributed by atoms with Crippen LogP contribution >= 0.6 is 24.0 Å². The van der Waals surface area contributed by atoms with Gasteiger partial charge in [0.2, 0.25) is 0 Å². The molecule has 0 spiro atoms. The first kappa shape index (κ1) is 33.7. The standard InChI is InChI=1S/C37H40F3N3O2S2/c1-36(26-44-2,29-13-12-27-8-3-4-9-28(27)24-29)35(46)45-23-22-42-20-18-41(19-21-42)16-7-17-43-31-10-5-6-11-33(31)47-34-15-14-30(25-32(34)43)37(38,39)40/h3-6,8-15,24-25H,7,16-23,26H2,1-2H3. The highest BCUT2D eigenvalue weighted by Gasteiger charge is 2.35. The molecule has 4 aromatic carbocycles. The molecule has 0 bridgehead atoms. The zero-order chi connectivity index (χ0) is 33.0. The van der Waals surface area contributed by atoms with Crippen LogP contribution in [0.1, 0.15) is 24.5 Å². The fourth-order valence-corrected chi connectivity index (χ4v) is 7.78. The van der Waals surface area contributed by atoms with Crippen LogP contribution in [-0.4, -0.2) is 81.0 Å². The zero-order valence-corrected chi connectivity index (χ0v) is 28.4. The molecule has 6 rings (SSSR count). The number of fused-ring (bicyclic) bond motifs is 3. The molecule has 47 heavy (non-hydrogen) atoms. The fraction of sp³-hybridized carbons (Fsp3) is 0.378. The molecule has 0 aliphatic carbocycles. The lowest BCUT2D eigenvalue weighted by molar-refractivity contribution is -0.137. The second-order valence-electron chi connectivity index (χ2n) is 12.4. The third kappa shape index (κ3) is 7.62. The van der Waals surface area contributed by atoms with E-state index in [0.717, 1.165) is 72.1 Å². The van der Waals surface area contributed by atoms with Crippen LogP contribution in [0.5, 0.6) is 0 Å². The van der Waals surface area contributed by atoms with E-state index in [9.17, 15) is 13.2 Å². The Morgan fingerprint density at radius 3 is 2.17 bits per heavy atom.